The van der Waals surface area contributed by atoms with E-state index in [1.807, 2.05) is 12.3 Å². The largest absolute Gasteiger partial charge is 0.487 e. The van der Waals surface area contributed by atoms with Gasteiger partial charge in [0, 0.05) is 17.0 Å². The smallest absolute Gasteiger partial charge is 0.393 e. The Kier molecular flexibility index (Phi) is 6.04. The third kappa shape index (κ3) is 5.22. The topological polar surface area (TPSA) is 51.2 Å². The fourth-order valence-electron chi connectivity index (χ4n) is 3.31. The summed E-state index contributed by atoms with van der Waals surface area (Å²) in [5.74, 6) is -1.52. The molecule has 1 amide bonds. The van der Waals surface area contributed by atoms with Crippen LogP contribution in [0.25, 0.3) is 0 Å². The van der Waals surface area contributed by atoms with Crippen molar-refractivity contribution in [2.24, 2.45) is 5.92 Å². The van der Waals surface area contributed by atoms with Gasteiger partial charge in [0.2, 0.25) is 0 Å². The number of aromatic nitrogens is 1. The highest BCUT2D eigenvalue weighted by Gasteiger charge is 2.46. The van der Waals surface area contributed by atoms with E-state index < -0.39 is 24.0 Å². The van der Waals surface area contributed by atoms with Gasteiger partial charge in [-0.05, 0) is 38.0 Å². The Balaban J connectivity index is 1.64. The number of nitrogens with one attached hydrogen (secondary N) is 1. The highest BCUT2D eigenvalue weighted by Crippen LogP contribution is 2.37. The fraction of sp³-hybridized carbons (Fsp3) is 0.474. The minimum Gasteiger partial charge on any atom is -0.487 e. The van der Waals surface area contributed by atoms with Crippen LogP contribution in [0, 0.1) is 12.8 Å². The molecule has 2 atom stereocenters. The number of hydrogen-bond donors (Lipinski definition) is 1. The van der Waals surface area contributed by atoms with Crippen LogP contribution in [-0.4, -0.2) is 23.1 Å². The van der Waals surface area contributed by atoms with Crippen LogP contribution in [0.15, 0.2) is 29.6 Å². The average Bonchev–Trinajstić information content (AvgIpc) is 3.05. The number of thiazole rings is 1. The van der Waals surface area contributed by atoms with Crippen LogP contribution in [-0.2, 0) is 6.61 Å². The molecule has 0 bridgehead atoms. The van der Waals surface area contributed by atoms with Gasteiger partial charge in [0.05, 0.1) is 16.6 Å². The number of halogens is 3. The lowest BCUT2D eigenvalue weighted by Gasteiger charge is -2.33. The first kappa shape index (κ1) is 19.7. The summed E-state index contributed by atoms with van der Waals surface area (Å²) in [6.07, 6.45) is -2.67. The molecule has 0 saturated heterocycles. The Bertz CT molecular complexity index is 791. The third-order valence-corrected chi connectivity index (χ3v) is 5.47. The molecular formula is C19H21F3N2O2S. The van der Waals surface area contributed by atoms with Crippen LogP contribution in [0.3, 0.4) is 0 Å². The summed E-state index contributed by atoms with van der Waals surface area (Å²) >= 11 is 1.52. The van der Waals surface area contributed by atoms with E-state index in [0.717, 1.165) is 10.7 Å². The number of hydrogen-bond acceptors (Lipinski definition) is 4. The van der Waals surface area contributed by atoms with E-state index >= 15 is 0 Å². The lowest BCUT2D eigenvalue weighted by atomic mass is 9.84. The molecule has 1 aromatic carbocycles. The second kappa shape index (κ2) is 8.29. The molecule has 4 nitrogen and oxygen atoms in total. The highest BCUT2D eigenvalue weighted by molar-refractivity contribution is 7.09. The number of carbonyl (C=O) groups is 1. The number of nitrogens with zero attached hydrogens (tertiary/aromatic N) is 1. The molecular weight excluding hydrogens is 377 g/mol. The van der Waals surface area contributed by atoms with Crippen molar-refractivity contribution < 1.29 is 22.7 Å². The van der Waals surface area contributed by atoms with E-state index in [2.05, 4.69) is 10.3 Å². The monoisotopic (exact) mass is 398 g/mol. The van der Waals surface area contributed by atoms with Crippen molar-refractivity contribution in [3.05, 3.63) is 45.9 Å². The molecule has 3 rings (SSSR count). The Hall–Kier alpha value is -2.09. The maximum absolute atomic E-state index is 13.2. The predicted molar refractivity (Wildman–Crippen MR) is 96.9 cm³/mol. The highest BCUT2D eigenvalue weighted by atomic mass is 32.1. The number of carbonyl (C=O) groups excluding carboxylic acids is 1. The molecule has 1 heterocycles. The zero-order valence-electron chi connectivity index (χ0n) is 14.9. The first-order valence-electron chi connectivity index (χ1n) is 8.84. The van der Waals surface area contributed by atoms with Crippen LogP contribution >= 0.6 is 11.3 Å². The molecule has 1 fully saturated rings. The molecule has 0 aliphatic heterocycles. The van der Waals surface area contributed by atoms with Crippen molar-refractivity contribution in [1.29, 1.82) is 0 Å². The first-order chi connectivity index (χ1) is 12.8. The molecule has 1 aliphatic carbocycles. The molecule has 1 aromatic heterocycles. The Morgan fingerprint density at radius 1 is 1.33 bits per heavy atom. The Morgan fingerprint density at radius 3 is 2.81 bits per heavy atom. The third-order valence-electron chi connectivity index (χ3n) is 4.65. The lowest BCUT2D eigenvalue weighted by molar-refractivity contribution is -0.187. The number of ether oxygens (including phenoxy) is 1. The van der Waals surface area contributed by atoms with Gasteiger partial charge in [-0.1, -0.05) is 18.9 Å². The molecule has 8 heteroatoms. The van der Waals surface area contributed by atoms with Crippen molar-refractivity contribution >= 4 is 17.2 Å². The van der Waals surface area contributed by atoms with E-state index in [0.29, 0.717) is 25.0 Å². The van der Waals surface area contributed by atoms with Gasteiger partial charge in [-0.25, -0.2) is 4.98 Å². The normalized spacial score (nSPS) is 20.3. The van der Waals surface area contributed by atoms with Crippen LogP contribution in [0.1, 0.15) is 46.7 Å². The SMILES string of the molecule is Cc1nc(COc2cccc(C(=O)NC3CCCCC3C(F)(F)F)c2)cs1. The number of rotatable bonds is 5. The summed E-state index contributed by atoms with van der Waals surface area (Å²) in [6.45, 7) is 2.17. The number of alkyl halides is 3. The fourth-order valence-corrected chi connectivity index (χ4v) is 3.90. The standard InChI is InChI=1S/C19H21F3N2O2S/c1-12-23-14(11-27-12)10-26-15-6-4-5-13(9-15)18(25)24-17-8-3-2-7-16(17)19(20,21)22/h4-6,9,11,16-17H,2-3,7-8,10H2,1H3,(H,24,25). The van der Waals surface area contributed by atoms with Crippen molar-refractivity contribution in [2.75, 3.05) is 0 Å². The molecule has 146 valence electrons. The molecule has 2 aromatic rings. The summed E-state index contributed by atoms with van der Waals surface area (Å²) in [5.41, 5.74) is 1.08. The van der Waals surface area contributed by atoms with Crippen molar-refractivity contribution in [1.82, 2.24) is 10.3 Å². The Morgan fingerprint density at radius 2 is 2.11 bits per heavy atom. The van der Waals surface area contributed by atoms with Crippen molar-refractivity contribution in [2.45, 2.75) is 51.4 Å². The van der Waals surface area contributed by atoms with E-state index in [1.165, 1.54) is 11.3 Å². The Labute approximate surface area is 159 Å². The van der Waals surface area contributed by atoms with Gasteiger partial charge in [0.25, 0.3) is 5.91 Å². The average molecular weight is 398 g/mol. The number of benzene rings is 1. The van der Waals surface area contributed by atoms with Gasteiger partial charge in [0.15, 0.2) is 0 Å². The summed E-state index contributed by atoms with van der Waals surface area (Å²) in [6, 6.07) is 5.59. The lowest BCUT2D eigenvalue weighted by Crippen LogP contribution is -2.47. The van der Waals surface area contributed by atoms with Crippen molar-refractivity contribution in [3.63, 3.8) is 0 Å². The summed E-state index contributed by atoms with van der Waals surface area (Å²) < 4.78 is 45.2. The second-order valence-electron chi connectivity index (χ2n) is 6.69. The second-order valence-corrected chi connectivity index (χ2v) is 7.75. The maximum Gasteiger partial charge on any atom is 0.393 e. The summed E-state index contributed by atoms with van der Waals surface area (Å²) in [5, 5.41) is 5.40. The number of amides is 1. The van der Waals surface area contributed by atoms with Gasteiger partial charge >= 0.3 is 6.18 Å². The van der Waals surface area contributed by atoms with E-state index in [9.17, 15) is 18.0 Å². The molecule has 27 heavy (non-hydrogen) atoms. The van der Waals surface area contributed by atoms with Gasteiger partial charge in [0.1, 0.15) is 12.4 Å². The van der Waals surface area contributed by atoms with E-state index in [4.69, 9.17) is 4.74 Å². The van der Waals surface area contributed by atoms with Crippen LogP contribution in [0.4, 0.5) is 13.2 Å². The first-order valence-corrected chi connectivity index (χ1v) is 9.72. The van der Waals surface area contributed by atoms with Crippen LogP contribution in [0.2, 0.25) is 0 Å². The molecule has 1 saturated carbocycles. The molecule has 1 N–H and O–H groups in total. The molecule has 2 unspecified atom stereocenters. The summed E-state index contributed by atoms with van der Waals surface area (Å²) in [7, 11) is 0. The quantitative estimate of drug-likeness (QED) is 0.781. The van der Waals surface area contributed by atoms with Crippen LogP contribution in [0.5, 0.6) is 5.75 Å². The summed E-state index contributed by atoms with van der Waals surface area (Å²) in [4.78, 5) is 16.8. The van der Waals surface area contributed by atoms with Crippen LogP contribution < -0.4 is 10.1 Å². The molecule has 0 spiro atoms. The van der Waals surface area contributed by atoms with Gasteiger partial charge in [-0.2, -0.15) is 13.2 Å². The van der Waals surface area contributed by atoms with Crippen molar-refractivity contribution in [3.8, 4) is 5.75 Å². The molecule has 1 aliphatic rings. The van der Waals surface area contributed by atoms with Gasteiger partial charge < -0.3 is 10.1 Å². The maximum atomic E-state index is 13.2. The van der Waals surface area contributed by atoms with E-state index in [1.54, 1.807) is 24.3 Å². The number of aryl methyl sites for hydroxylation is 1. The van der Waals surface area contributed by atoms with E-state index in [-0.39, 0.29) is 18.6 Å². The molecule has 0 radical (unpaired) electrons. The zero-order valence-corrected chi connectivity index (χ0v) is 15.7. The van der Waals surface area contributed by atoms with Gasteiger partial charge in [-0.15, -0.1) is 11.3 Å². The zero-order chi connectivity index (χ0) is 19.4. The van der Waals surface area contributed by atoms with Gasteiger partial charge in [-0.3, -0.25) is 4.79 Å². The predicted octanol–water partition coefficient (Wildman–Crippen LogP) is 4.88. The minimum atomic E-state index is -4.30. The minimum absolute atomic E-state index is 0.0602.